The van der Waals surface area contributed by atoms with Crippen LogP contribution in [-0.4, -0.2) is 29.9 Å². The molecular weight excluding hydrogens is 528 g/mol. The van der Waals surface area contributed by atoms with Gasteiger partial charge in [0.25, 0.3) is 0 Å². The second-order valence-electron chi connectivity index (χ2n) is 9.03. The van der Waals surface area contributed by atoms with Crippen molar-refractivity contribution in [1.82, 2.24) is 29.9 Å². The van der Waals surface area contributed by atoms with Gasteiger partial charge < -0.3 is 0 Å². The molecule has 0 N–H and O–H groups in total. The summed E-state index contributed by atoms with van der Waals surface area (Å²) in [6, 6.07) is 11.8. The van der Waals surface area contributed by atoms with Crippen LogP contribution in [0.2, 0.25) is 0 Å². The molecule has 186 valence electrons. The lowest BCUT2D eigenvalue weighted by molar-refractivity contribution is 1.15. The van der Waals surface area contributed by atoms with Gasteiger partial charge in [-0.1, -0.05) is 0 Å². The van der Waals surface area contributed by atoms with Crippen molar-refractivity contribution in [2.75, 3.05) is 0 Å². The lowest BCUT2D eigenvalue weighted by atomic mass is 9.83. The molecule has 1 aromatic carbocycles. The maximum absolute atomic E-state index is 10.0. The highest BCUT2D eigenvalue weighted by Crippen LogP contribution is 2.63. The third-order valence-electron chi connectivity index (χ3n) is 7.33. The number of nitrogens with zero attached hydrogens (tertiary/aromatic N) is 12. The first-order valence-electron chi connectivity index (χ1n) is 12.0. The molecule has 0 saturated heterocycles. The van der Waals surface area contributed by atoms with E-state index in [1.165, 1.54) is 37.6 Å². The minimum absolute atomic E-state index is 0.199. The highest BCUT2D eigenvalue weighted by molar-refractivity contribution is 6.23. The molecule has 7 rings (SSSR count). The first-order chi connectivity index (χ1) is 20.6. The van der Waals surface area contributed by atoms with Gasteiger partial charge in [0.15, 0.2) is 0 Å². The highest BCUT2D eigenvalue weighted by atomic mass is 14.9. The predicted molar refractivity (Wildman–Crippen MR) is 141 cm³/mol. The van der Waals surface area contributed by atoms with E-state index in [9.17, 15) is 31.6 Å². The zero-order valence-electron chi connectivity index (χ0n) is 20.8. The van der Waals surface area contributed by atoms with Gasteiger partial charge >= 0.3 is 0 Å². The van der Waals surface area contributed by atoms with Gasteiger partial charge in [0.2, 0.25) is 0 Å². The minimum Gasteiger partial charge on any atom is -0.244 e. The molecule has 0 aliphatic heterocycles. The van der Waals surface area contributed by atoms with Gasteiger partial charge in [-0.05, 0) is 0 Å². The van der Waals surface area contributed by atoms with E-state index in [1.54, 1.807) is 0 Å². The van der Waals surface area contributed by atoms with Crippen LogP contribution in [0, 0.1) is 68.0 Å². The number of rotatable bonds is 0. The first kappa shape index (κ1) is 23.7. The second kappa shape index (κ2) is 8.57. The van der Waals surface area contributed by atoms with Gasteiger partial charge in [-0.15, -0.1) is 0 Å². The molecule has 3 heterocycles. The van der Waals surface area contributed by atoms with E-state index >= 15 is 0 Å². The topological polar surface area (TPSA) is 220 Å². The molecule has 0 radical (unpaired) electrons. The van der Waals surface area contributed by atoms with Crippen LogP contribution in [0.1, 0.15) is 33.5 Å². The molecule has 0 fully saturated rings. The molecule has 0 amide bonds. The maximum Gasteiger partial charge on any atom is 0.139 e. The Balaban J connectivity index is 1.88. The van der Waals surface area contributed by atoms with Crippen LogP contribution in [0.5, 0.6) is 0 Å². The molecule has 12 heteroatoms. The van der Waals surface area contributed by atoms with E-state index < -0.39 is 0 Å². The molecule has 3 aromatic heterocycles. The lowest BCUT2D eigenvalue weighted by Gasteiger charge is -2.17. The fraction of sp³-hybridized carbons (Fsp3) is 0. The zero-order chi connectivity index (χ0) is 29.1. The van der Waals surface area contributed by atoms with Gasteiger partial charge in [0, 0.05) is 85.4 Å². The average molecular weight is 534 g/mol. The SMILES string of the molecule is N#CC(C#N)=C1c2cncnc2-c2c1c1c(c3c2C(=C(C#N)C#N)c2cncnc2-3)C(=C(C#N)C#N)c2ncncc2-1. The van der Waals surface area contributed by atoms with Gasteiger partial charge in [0.1, 0.15) is 72.1 Å². The number of allylic oxidation sites excluding steroid dienone is 3. The number of hydrogen-bond donors (Lipinski definition) is 0. The quantitative estimate of drug-likeness (QED) is 0.255. The summed E-state index contributed by atoms with van der Waals surface area (Å²) in [4.78, 5) is 26.0. The Bertz CT molecular complexity index is 2030. The minimum atomic E-state index is -0.244. The number of hydrogen-bond acceptors (Lipinski definition) is 12. The van der Waals surface area contributed by atoms with E-state index in [2.05, 4.69) is 29.9 Å². The molecule has 0 saturated carbocycles. The van der Waals surface area contributed by atoms with Crippen molar-refractivity contribution in [1.29, 1.82) is 31.6 Å². The standard InChI is InChI=1S/C30H6N12/c31-1-13(2-32)19-16-7-37-11-41-29(16)26-23(19)22-18-9-39-10-40-28(18)21(15(5-35)6-36)25(22)27-24(26)20(14(3-33)4-34)17-8-38-12-42-30(17)27/h7-12H. The zero-order valence-corrected chi connectivity index (χ0v) is 20.8. The first-order valence-corrected chi connectivity index (χ1v) is 12.0. The largest absolute Gasteiger partial charge is 0.244 e. The summed E-state index contributed by atoms with van der Waals surface area (Å²) in [6.07, 6.45) is 8.41. The number of nitriles is 6. The Labute approximate surface area is 236 Å². The Morgan fingerprint density at radius 3 is 1.21 bits per heavy atom. The van der Waals surface area contributed by atoms with E-state index in [1.807, 2.05) is 36.4 Å². The van der Waals surface area contributed by atoms with E-state index in [0.717, 1.165) is 0 Å². The van der Waals surface area contributed by atoms with Gasteiger partial charge in [-0.2, -0.15) is 31.6 Å². The van der Waals surface area contributed by atoms with Gasteiger partial charge in [-0.25, -0.2) is 29.9 Å². The summed E-state index contributed by atoms with van der Waals surface area (Å²) in [5.41, 5.74) is 4.61. The molecule has 0 bridgehead atoms. The summed E-state index contributed by atoms with van der Waals surface area (Å²) in [6.45, 7) is 0. The number of fused-ring (bicyclic) bond motifs is 12. The van der Waals surface area contributed by atoms with Crippen molar-refractivity contribution >= 4 is 16.7 Å². The monoisotopic (exact) mass is 534 g/mol. The highest BCUT2D eigenvalue weighted by Gasteiger charge is 2.46. The van der Waals surface area contributed by atoms with Crippen LogP contribution >= 0.6 is 0 Å². The summed E-state index contributed by atoms with van der Waals surface area (Å²) >= 11 is 0. The lowest BCUT2D eigenvalue weighted by Crippen LogP contribution is -2.00. The summed E-state index contributed by atoms with van der Waals surface area (Å²) in [5, 5.41) is 60.3. The van der Waals surface area contributed by atoms with Crippen molar-refractivity contribution < 1.29 is 0 Å². The van der Waals surface area contributed by atoms with Gasteiger partial charge in [-0.3, -0.25) is 0 Å². The van der Waals surface area contributed by atoms with Crippen LogP contribution in [0.25, 0.3) is 50.4 Å². The smallest absolute Gasteiger partial charge is 0.139 e. The van der Waals surface area contributed by atoms with E-state index in [-0.39, 0.29) is 33.4 Å². The Kier molecular flexibility index (Phi) is 4.84. The fourth-order valence-electron chi connectivity index (χ4n) is 5.94. The van der Waals surface area contributed by atoms with Crippen molar-refractivity contribution in [2.24, 2.45) is 0 Å². The normalized spacial score (nSPS) is 12.0. The van der Waals surface area contributed by atoms with Crippen LogP contribution in [0.3, 0.4) is 0 Å². The van der Waals surface area contributed by atoms with Crippen molar-refractivity contribution in [3.8, 4) is 70.1 Å². The molecular formula is C30H6N12. The summed E-state index contributed by atoms with van der Waals surface area (Å²) in [7, 11) is 0. The molecule has 0 spiro atoms. The van der Waals surface area contributed by atoms with Crippen LogP contribution in [0.15, 0.2) is 54.3 Å². The molecule has 42 heavy (non-hydrogen) atoms. The third-order valence-corrected chi connectivity index (χ3v) is 7.33. The molecule has 3 aliphatic carbocycles. The maximum atomic E-state index is 10.0. The fourth-order valence-corrected chi connectivity index (χ4v) is 5.94. The summed E-state index contributed by atoms with van der Waals surface area (Å²) < 4.78 is 0. The van der Waals surface area contributed by atoms with Crippen LogP contribution in [0.4, 0.5) is 0 Å². The van der Waals surface area contributed by atoms with E-state index in [0.29, 0.717) is 67.2 Å². The number of benzene rings is 1. The second-order valence-corrected chi connectivity index (χ2v) is 9.03. The third kappa shape index (κ3) is 2.71. The molecule has 0 unspecified atom stereocenters. The molecule has 12 nitrogen and oxygen atoms in total. The van der Waals surface area contributed by atoms with E-state index in [4.69, 9.17) is 0 Å². The van der Waals surface area contributed by atoms with Gasteiger partial charge in [0.05, 0.1) is 17.1 Å². The average Bonchev–Trinajstić information content (AvgIpc) is 3.66. The molecule has 4 aromatic rings. The Morgan fingerprint density at radius 1 is 0.405 bits per heavy atom. The Morgan fingerprint density at radius 2 is 0.762 bits per heavy atom. The van der Waals surface area contributed by atoms with Crippen molar-refractivity contribution in [3.05, 3.63) is 87.8 Å². The van der Waals surface area contributed by atoms with Crippen molar-refractivity contribution in [3.63, 3.8) is 0 Å². The Hall–Kier alpha value is -7.38. The predicted octanol–water partition coefficient (Wildman–Crippen LogP) is 3.54. The number of aromatic nitrogens is 6. The molecule has 3 aliphatic rings. The molecule has 0 atom stereocenters. The van der Waals surface area contributed by atoms with Crippen molar-refractivity contribution in [2.45, 2.75) is 0 Å². The van der Waals surface area contributed by atoms with Crippen LogP contribution in [-0.2, 0) is 0 Å². The van der Waals surface area contributed by atoms with Crippen LogP contribution < -0.4 is 0 Å². The summed E-state index contributed by atoms with van der Waals surface area (Å²) in [5.74, 6) is 0.